The van der Waals surface area contributed by atoms with E-state index in [1.807, 2.05) is 6.79 Å². The first-order valence-corrected chi connectivity index (χ1v) is 1.11. The molecule has 0 aliphatic carbocycles. The van der Waals surface area contributed by atoms with E-state index in [1.54, 1.807) is 0 Å². The zero-order valence-electron chi connectivity index (χ0n) is 4.27. The summed E-state index contributed by atoms with van der Waals surface area (Å²) in [6.45, 7) is 2.00. The van der Waals surface area contributed by atoms with Crippen molar-refractivity contribution in [3.63, 3.8) is 0 Å². The van der Waals surface area contributed by atoms with Crippen LogP contribution in [-0.4, -0.2) is 21.0 Å². The fraction of sp³-hybridized carbons (Fsp3) is 0.667. The van der Waals surface area contributed by atoms with Crippen LogP contribution in [0.3, 0.4) is 0 Å². The normalized spacial score (nSPS) is 2.29. The van der Waals surface area contributed by atoms with Crippen molar-refractivity contribution in [3.8, 4) is 0 Å². The molecule has 3 nitrogen and oxygen atoms in total. The second-order valence-corrected chi connectivity index (χ2v) is 0. The molecule has 0 aromatic rings. The monoisotopic (exact) mass is 151 g/mol. The van der Waals surface area contributed by atoms with Crippen LogP contribution in [0, 0.1) is 0 Å². The van der Waals surface area contributed by atoms with Crippen molar-refractivity contribution in [1.29, 1.82) is 0 Å². The Balaban J connectivity index is -0.00000000900. The Morgan fingerprint density at radius 3 is 1.00 bits per heavy atom. The van der Waals surface area contributed by atoms with Gasteiger partial charge >= 0.3 is 16.8 Å². The molecule has 0 saturated carbocycles. The molecule has 1 radical (unpaired) electrons. The topological polar surface area (TPSA) is 63.2 Å². The first-order valence-electron chi connectivity index (χ1n) is 1.11. The average Bonchev–Trinajstić information content (AvgIpc) is 1.81. The van der Waals surface area contributed by atoms with Gasteiger partial charge in [0.1, 0.15) is 6.79 Å². The maximum absolute atomic E-state index is 8.25. The van der Waals surface area contributed by atoms with Crippen molar-refractivity contribution in [2.24, 2.45) is 0 Å². The van der Waals surface area contributed by atoms with Gasteiger partial charge in [0.05, 0.1) is 0 Å². The van der Waals surface area contributed by atoms with Crippen LogP contribution in [0.1, 0.15) is 0 Å². The van der Waals surface area contributed by atoms with Gasteiger partial charge in [0.2, 0.25) is 0 Å². The number of hydrogen-bond acceptors (Lipinski definition) is 3. The van der Waals surface area contributed by atoms with Crippen LogP contribution in [-0.2, 0) is 21.6 Å². The van der Waals surface area contributed by atoms with Crippen molar-refractivity contribution >= 4 is 6.79 Å². The Hall–Kier alpha value is 0.0965. The van der Waals surface area contributed by atoms with E-state index in [9.17, 15) is 0 Å². The smallest absolute Gasteiger partial charge is 0.857 e. The van der Waals surface area contributed by atoms with Gasteiger partial charge in [-0.15, -0.1) is 0 Å². The van der Waals surface area contributed by atoms with E-state index >= 15 is 0 Å². The molecule has 47 valence electrons. The molecule has 0 fully saturated rings. The molecule has 0 atom stereocenters. The Morgan fingerprint density at radius 1 is 1.00 bits per heavy atom. The Labute approximate surface area is 53.6 Å². The van der Waals surface area contributed by atoms with E-state index in [0.717, 1.165) is 14.2 Å². The van der Waals surface area contributed by atoms with Crippen LogP contribution in [0.4, 0.5) is 0 Å². The maximum atomic E-state index is 8.25. The van der Waals surface area contributed by atoms with Crippen LogP contribution in [0.15, 0.2) is 0 Å². The third-order valence-electron chi connectivity index (χ3n) is 0. The predicted octanol–water partition coefficient (Wildman–Crippen LogP) is -2.23. The SMILES string of the molecule is C=O.C[O-].C[O-].[Co+2]. The van der Waals surface area contributed by atoms with Crippen molar-refractivity contribution in [1.82, 2.24) is 0 Å². The maximum Gasteiger partial charge on any atom is 2.00 e. The molecule has 0 N–H and O–H groups in total. The first-order chi connectivity index (χ1) is 3.00. The number of hydrogen-bond donors (Lipinski definition) is 0. The summed E-state index contributed by atoms with van der Waals surface area (Å²) in [4.78, 5) is 8.00. The van der Waals surface area contributed by atoms with E-state index in [4.69, 9.17) is 15.0 Å². The van der Waals surface area contributed by atoms with Crippen LogP contribution in [0.5, 0.6) is 0 Å². The molecular weight excluding hydrogens is 143 g/mol. The van der Waals surface area contributed by atoms with Crippen LogP contribution in [0.25, 0.3) is 0 Å². The molecule has 0 spiro atoms. The molecular formula is C3H8CoO3. The predicted molar refractivity (Wildman–Crippen MR) is 19.0 cm³/mol. The van der Waals surface area contributed by atoms with Gasteiger partial charge in [-0.25, -0.2) is 0 Å². The molecule has 0 unspecified atom stereocenters. The Bertz CT molecular complexity index is 10.1. The summed E-state index contributed by atoms with van der Waals surface area (Å²) in [6, 6.07) is 0. The minimum atomic E-state index is 0. The number of carbonyl (C=O) groups is 1. The van der Waals surface area contributed by atoms with Crippen LogP contribution < -0.4 is 10.2 Å². The molecule has 0 bridgehead atoms. The average molecular weight is 151 g/mol. The largest absolute Gasteiger partial charge is 2.00 e. The fourth-order valence-corrected chi connectivity index (χ4v) is 0. The summed E-state index contributed by atoms with van der Waals surface area (Å²) in [7, 11) is 1.50. The number of rotatable bonds is 0. The van der Waals surface area contributed by atoms with Crippen molar-refractivity contribution in [2.45, 2.75) is 0 Å². The first kappa shape index (κ1) is 27.5. The zero-order valence-corrected chi connectivity index (χ0v) is 5.31. The summed E-state index contributed by atoms with van der Waals surface area (Å²) >= 11 is 0. The second kappa shape index (κ2) is 17000. The summed E-state index contributed by atoms with van der Waals surface area (Å²) in [5.74, 6) is 0. The summed E-state index contributed by atoms with van der Waals surface area (Å²) in [6.07, 6.45) is 0. The second-order valence-electron chi connectivity index (χ2n) is 0. The Morgan fingerprint density at radius 2 is 1.00 bits per heavy atom. The van der Waals surface area contributed by atoms with Gasteiger partial charge < -0.3 is 15.0 Å². The quantitative estimate of drug-likeness (QED) is 0.393. The third-order valence-corrected chi connectivity index (χ3v) is 0. The fourth-order valence-electron chi connectivity index (χ4n) is 0. The zero-order chi connectivity index (χ0) is 6.00. The van der Waals surface area contributed by atoms with Gasteiger partial charge in [0, 0.05) is 0 Å². The molecule has 0 saturated heterocycles. The standard InChI is InChI=1S/2CH3O.CH2O.Co/c3*1-2;/h2*1H3;1H2;/q2*-1;;+2. The van der Waals surface area contributed by atoms with Gasteiger partial charge in [-0.2, -0.15) is 14.2 Å². The van der Waals surface area contributed by atoms with Crippen LogP contribution >= 0.6 is 0 Å². The molecule has 0 amide bonds. The van der Waals surface area contributed by atoms with E-state index in [0.29, 0.717) is 0 Å². The van der Waals surface area contributed by atoms with Crippen molar-refractivity contribution in [2.75, 3.05) is 14.2 Å². The summed E-state index contributed by atoms with van der Waals surface area (Å²) in [5.41, 5.74) is 0. The van der Waals surface area contributed by atoms with Crippen LogP contribution in [0.2, 0.25) is 0 Å². The third kappa shape index (κ3) is 11000. The van der Waals surface area contributed by atoms with E-state index < -0.39 is 0 Å². The van der Waals surface area contributed by atoms with Gasteiger partial charge in [0.15, 0.2) is 0 Å². The van der Waals surface area contributed by atoms with Gasteiger partial charge in [0.25, 0.3) is 0 Å². The number of carbonyl (C=O) groups excluding carboxylic acids is 1. The molecule has 7 heavy (non-hydrogen) atoms. The van der Waals surface area contributed by atoms with E-state index in [-0.39, 0.29) is 16.8 Å². The molecule has 0 aromatic heterocycles. The van der Waals surface area contributed by atoms with E-state index in [1.165, 1.54) is 0 Å². The van der Waals surface area contributed by atoms with E-state index in [2.05, 4.69) is 0 Å². The molecule has 0 aliphatic rings. The van der Waals surface area contributed by atoms with Crippen molar-refractivity contribution in [3.05, 3.63) is 0 Å². The van der Waals surface area contributed by atoms with Crippen molar-refractivity contribution < 1.29 is 31.8 Å². The summed E-state index contributed by atoms with van der Waals surface area (Å²) < 4.78 is 0. The van der Waals surface area contributed by atoms with Gasteiger partial charge in [-0.1, -0.05) is 0 Å². The minimum absolute atomic E-state index is 0. The molecule has 4 heteroatoms. The Kier molecular flexibility index (Phi) is 66800. The molecule has 0 aromatic carbocycles. The minimum Gasteiger partial charge on any atom is -0.857 e. The molecule has 0 rings (SSSR count). The molecule has 0 heterocycles. The molecule has 0 aliphatic heterocycles. The van der Waals surface area contributed by atoms with Gasteiger partial charge in [-0.3, -0.25) is 0 Å². The summed E-state index contributed by atoms with van der Waals surface area (Å²) in [5, 5.41) is 16.5. The van der Waals surface area contributed by atoms with Gasteiger partial charge in [-0.05, 0) is 0 Å².